The molecule has 2 heterocycles. The van der Waals surface area contributed by atoms with E-state index in [1.165, 1.54) is 25.7 Å². The molecule has 2 atom stereocenters. The average molecular weight is 257 g/mol. The minimum Gasteiger partial charge on any atom is -0.378 e. The Labute approximate surface area is 102 Å². The Morgan fingerprint density at radius 3 is 2.12 bits per heavy atom. The van der Waals surface area contributed by atoms with Crippen LogP contribution in [0.3, 0.4) is 0 Å². The van der Waals surface area contributed by atoms with E-state index in [2.05, 4.69) is 0 Å². The normalized spacial score (nSPS) is 39.8. The van der Waals surface area contributed by atoms with E-state index < -0.39 is 10.0 Å². The van der Waals surface area contributed by atoms with Crippen LogP contribution in [0, 0.1) is 17.8 Å². The van der Waals surface area contributed by atoms with E-state index in [0.717, 1.165) is 12.5 Å². The zero-order chi connectivity index (χ0) is 11.6. The van der Waals surface area contributed by atoms with Crippen molar-refractivity contribution in [3.05, 3.63) is 0 Å². The summed E-state index contributed by atoms with van der Waals surface area (Å²) in [4.78, 5) is 0. The number of sulfonamides is 1. The lowest BCUT2D eigenvalue weighted by Crippen LogP contribution is -2.64. The quantitative estimate of drug-likeness (QED) is 0.749. The van der Waals surface area contributed by atoms with Crippen LogP contribution in [-0.4, -0.2) is 43.8 Å². The maximum absolute atomic E-state index is 12.4. The van der Waals surface area contributed by atoms with Crippen LogP contribution in [0.25, 0.3) is 0 Å². The summed E-state index contributed by atoms with van der Waals surface area (Å²) in [6.07, 6.45) is 5.13. The largest absolute Gasteiger partial charge is 0.378 e. The summed E-state index contributed by atoms with van der Waals surface area (Å²) in [5.41, 5.74) is 0. The van der Waals surface area contributed by atoms with Gasteiger partial charge in [0, 0.05) is 12.6 Å². The topological polar surface area (TPSA) is 46.6 Å². The minimum absolute atomic E-state index is 0.246. The fourth-order valence-corrected chi connectivity index (χ4v) is 5.31. The molecule has 2 aliphatic carbocycles. The zero-order valence-electron chi connectivity index (χ0n) is 9.92. The molecule has 0 aromatic heterocycles. The molecule has 2 unspecified atom stereocenters. The molecular weight excluding hydrogens is 238 g/mol. The summed E-state index contributed by atoms with van der Waals surface area (Å²) < 4.78 is 31.6. The van der Waals surface area contributed by atoms with Gasteiger partial charge in [-0.3, -0.25) is 0 Å². The monoisotopic (exact) mass is 257 g/mol. The highest BCUT2D eigenvalue weighted by atomic mass is 32.2. The van der Waals surface area contributed by atoms with Crippen LogP contribution in [0.4, 0.5) is 0 Å². The van der Waals surface area contributed by atoms with Crippen molar-refractivity contribution >= 4 is 10.0 Å². The van der Waals surface area contributed by atoms with Crippen LogP contribution in [0.1, 0.15) is 25.7 Å². The summed E-state index contributed by atoms with van der Waals surface area (Å²) in [6.45, 7) is 1.61. The molecule has 0 aromatic carbocycles. The standard InChI is InChI=1S/C12H19NO3S/c14-17(15,10-6-16-7-10)13-5-11(8-1-2-8)12(13)9-3-4-9/h8-12H,1-7H2. The maximum Gasteiger partial charge on any atom is 0.221 e. The van der Waals surface area contributed by atoms with Gasteiger partial charge in [-0.1, -0.05) is 0 Å². The first-order chi connectivity index (χ1) is 8.18. The van der Waals surface area contributed by atoms with Crippen LogP contribution in [-0.2, 0) is 14.8 Å². The van der Waals surface area contributed by atoms with Gasteiger partial charge in [0.15, 0.2) is 0 Å². The van der Waals surface area contributed by atoms with Crippen LogP contribution >= 0.6 is 0 Å². The summed E-state index contributed by atoms with van der Waals surface area (Å²) >= 11 is 0. The Hall–Kier alpha value is -0.130. The first-order valence-corrected chi connectivity index (χ1v) is 8.26. The molecule has 4 rings (SSSR count). The fraction of sp³-hybridized carbons (Fsp3) is 1.00. The van der Waals surface area contributed by atoms with Crippen molar-refractivity contribution in [3.8, 4) is 0 Å². The molecule has 17 heavy (non-hydrogen) atoms. The lowest BCUT2D eigenvalue weighted by Gasteiger charge is -2.50. The van der Waals surface area contributed by atoms with Crippen molar-refractivity contribution in [2.24, 2.45) is 17.8 Å². The molecule has 2 saturated heterocycles. The van der Waals surface area contributed by atoms with Crippen molar-refractivity contribution in [1.82, 2.24) is 4.31 Å². The Kier molecular flexibility index (Phi) is 2.19. The highest BCUT2D eigenvalue weighted by Crippen LogP contribution is 2.53. The first kappa shape index (κ1) is 10.8. The summed E-state index contributed by atoms with van der Waals surface area (Å²) in [5.74, 6) is 2.19. The molecule has 0 radical (unpaired) electrons. The van der Waals surface area contributed by atoms with Crippen LogP contribution in [0.15, 0.2) is 0 Å². The molecule has 4 nitrogen and oxygen atoms in total. The first-order valence-electron chi connectivity index (χ1n) is 6.76. The van der Waals surface area contributed by atoms with Gasteiger partial charge in [0.1, 0.15) is 5.25 Å². The van der Waals surface area contributed by atoms with Gasteiger partial charge >= 0.3 is 0 Å². The van der Waals surface area contributed by atoms with Gasteiger partial charge in [0.05, 0.1) is 13.2 Å². The highest BCUT2D eigenvalue weighted by Gasteiger charge is 2.58. The van der Waals surface area contributed by atoms with Gasteiger partial charge in [-0.2, -0.15) is 4.31 Å². The Balaban J connectivity index is 1.53. The molecule has 0 bridgehead atoms. The molecule has 0 aromatic rings. The van der Waals surface area contributed by atoms with Crippen LogP contribution in [0.5, 0.6) is 0 Å². The third-order valence-electron chi connectivity index (χ3n) is 4.85. The van der Waals surface area contributed by atoms with Gasteiger partial charge in [-0.05, 0) is 43.4 Å². The number of rotatable bonds is 4. The van der Waals surface area contributed by atoms with Crippen molar-refractivity contribution in [2.45, 2.75) is 37.0 Å². The Morgan fingerprint density at radius 2 is 1.65 bits per heavy atom. The van der Waals surface area contributed by atoms with Crippen molar-refractivity contribution < 1.29 is 13.2 Å². The molecule has 0 spiro atoms. The molecule has 4 fully saturated rings. The van der Waals surface area contributed by atoms with E-state index in [4.69, 9.17) is 4.74 Å². The third kappa shape index (κ3) is 1.59. The lowest BCUT2D eigenvalue weighted by atomic mass is 9.84. The predicted molar refractivity (Wildman–Crippen MR) is 63.0 cm³/mol. The second-order valence-electron chi connectivity index (χ2n) is 6.10. The van der Waals surface area contributed by atoms with Gasteiger partial charge in [0.2, 0.25) is 10.0 Å². The molecule has 0 amide bonds. The Bertz CT molecular complexity index is 423. The smallest absolute Gasteiger partial charge is 0.221 e. The second-order valence-corrected chi connectivity index (χ2v) is 8.27. The summed E-state index contributed by atoms with van der Waals surface area (Å²) in [5, 5.41) is -0.246. The van der Waals surface area contributed by atoms with Crippen molar-refractivity contribution in [1.29, 1.82) is 0 Å². The van der Waals surface area contributed by atoms with Gasteiger partial charge < -0.3 is 4.74 Å². The molecule has 2 saturated carbocycles. The number of hydrogen-bond acceptors (Lipinski definition) is 3. The molecule has 0 N–H and O–H groups in total. The molecule has 4 aliphatic rings. The van der Waals surface area contributed by atoms with Crippen molar-refractivity contribution in [2.75, 3.05) is 19.8 Å². The van der Waals surface area contributed by atoms with Crippen molar-refractivity contribution in [3.63, 3.8) is 0 Å². The van der Waals surface area contributed by atoms with E-state index in [-0.39, 0.29) is 5.25 Å². The lowest BCUT2D eigenvalue weighted by molar-refractivity contribution is 0.0246. The number of hydrogen-bond donors (Lipinski definition) is 0. The second kappa shape index (κ2) is 3.45. The van der Waals surface area contributed by atoms with Gasteiger partial charge in [-0.15, -0.1) is 0 Å². The molecule has 5 heteroatoms. The number of nitrogens with zero attached hydrogens (tertiary/aromatic N) is 1. The van der Waals surface area contributed by atoms with Crippen LogP contribution in [0.2, 0.25) is 0 Å². The van der Waals surface area contributed by atoms with E-state index in [1.807, 2.05) is 4.31 Å². The van der Waals surface area contributed by atoms with E-state index in [0.29, 0.717) is 31.1 Å². The summed E-state index contributed by atoms with van der Waals surface area (Å²) in [7, 11) is -3.05. The fourth-order valence-electron chi connectivity index (χ4n) is 3.34. The van der Waals surface area contributed by atoms with E-state index in [1.54, 1.807) is 0 Å². The molecule has 2 aliphatic heterocycles. The number of ether oxygens (including phenoxy) is 1. The van der Waals surface area contributed by atoms with Crippen LogP contribution < -0.4 is 0 Å². The van der Waals surface area contributed by atoms with E-state index >= 15 is 0 Å². The van der Waals surface area contributed by atoms with Gasteiger partial charge in [-0.25, -0.2) is 8.42 Å². The SMILES string of the molecule is O=S(=O)(C1COC1)N1CC(C2CC2)C1C1CC1. The zero-order valence-corrected chi connectivity index (χ0v) is 10.7. The van der Waals surface area contributed by atoms with E-state index in [9.17, 15) is 8.42 Å². The molecule has 96 valence electrons. The highest BCUT2D eigenvalue weighted by molar-refractivity contribution is 7.89. The Morgan fingerprint density at radius 1 is 1.00 bits per heavy atom. The average Bonchev–Trinajstić information content (AvgIpc) is 2.89. The third-order valence-corrected chi connectivity index (χ3v) is 7.01. The predicted octanol–water partition coefficient (Wildman–Crippen LogP) is 0.835. The van der Waals surface area contributed by atoms with Gasteiger partial charge in [0.25, 0.3) is 0 Å². The summed E-state index contributed by atoms with van der Waals surface area (Å²) in [6, 6.07) is 0.355. The maximum atomic E-state index is 12.4. The molecular formula is C12H19NO3S. The minimum atomic E-state index is -3.05.